The summed E-state index contributed by atoms with van der Waals surface area (Å²) in [5.74, 6) is 0.941. The van der Waals surface area contributed by atoms with Gasteiger partial charge in [-0.1, -0.05) is 13.8 Å². The smallest absolute Gasteiger partial charge is 0.0707 e. The van der Waals surface area contributed by atoms with Crippen LogP contribution < -0.4 is 5.32 Å². The molecule has 3 heteroatoms. The van der Waals surface area contributed by atoms with E-state index in [0.29, 0.717) is 12.2 Å². The van der Waals surface area contributed by atoms with E-state index in [2.05, 4.69) is 31.1 Å². The molecule has 1 saturated carbocycles. The van der Waals surface area contributed by atoms with Crippen LogP contribution in [-0.4, -0.2) is 49.8 Å². The van der Waals surface area contributed by atoms with E-state index in [9.17, 15) is 0 Å². The summed E-state index contributed by atoms with van der Waals surface area (Å²) >= 11 is 0. The molecule has 2 unspecified atom stereocenters. The van der Waals surface area contributed by atoms with Gasteiger partial charge in [0.2, 0.25) is 0 Å². The molecule has 1 N–H and O–H groups in total. The zero-order valence-electron chi connectivity index (χ0n) is 13.7. The maximum absolute atomic E-state index is 6.19. The molecule has 0 bridgehead atoms. The van der Waals surface area contributed by atoms with E-state index in [-0.39, 0.29) is 0 Å². The second-order valence-electron chi connectivity index (χ2n) is 7.01. The minimum atomic E-state index is 0.450. The van der Waals surface area contributed by atoms with Gasteiger partial charge < -0.3 is 15.0 Å². The Morgan fingerprint density at radius 3 is 2.45 bits per heavy atom. The molecule has 1 heterocycles. The summed E-state index contributed by atoms with van der Waals surface area (Å²) in [7, 11) is 2.30. The highest BCUT2D eigenvalue weighted by Gasteiger charge is 2.28. The van der Waals surface area contributed by atoms with Crippen molar-refractivity contribution in [3.63, 3.8) is 0 Å². The molecule has 1 saturated heterocycles. The lowest BCUT2D eigenvalue weighted by molar-refractivity contribution is 0.0159. The Kier molecular flexibility index (Phi) is 6.79. The van der Waals surface area contributed by atoms with Crippen molar-refractivity contribution in [3.8, 4) is 0 Å². The molecular formula is C17H34N2O. The minimum Gasteiger partial charge on any atom is -0.372 e. The molecule has 0 aromatic heterocycles. The maximum Gasteiger partial charge on any atom is 0.0707 e. The van der Waals surface area contributed by atoms with Gasteiger partial charge in [0, 0.05) is 19.1 Å². The van der Waals surface area contributed by atoms with Crippen LogP contribution in [0.1, 0.15) is 58.8 Å². The number of rotatable bonds is 7. The Morgan fingerprint density at radius 1 is 1.05 bits per heavy atom. The Bertz CT molecular complexity index is 264. The molecule has 0 aromatic carbocycles. The van der Waals surface area contributed by atoms with Crippen LogP contribution in [0.5, 0.6) is 0 Å². The Balaban J connectivity index is 1.64. The molecular weight excluding hydrogens is 248 g/mol. The lowest BCUT2D eigenvalue weighted by Crippen LogP contribution is -2.40. The molecule has 3 nitrogen and oxygen atoms in total. The fourth-order valence-corrected chi connectivity index (χ4v) is 3.66. The molecule has 2 rings (SSSR count). The third-order valence-electron chi connectivity index (χ3n) is 5.09. The number of nitrogens with one attached hydrogen (secondary N) is 1. The van der Waals surface area contributed by atoms with Crippen LogP contribution in [0.25, 0.3) is 0 Å². The summed E-state index contributed by atoms with van der Waals surface area (Å²) in [6.07, 6.45) is 10.2. The molecule has 1 aliphatic heterocycles. The predicted octanol–water partition coefficient (Wildman–Crippen LogP) is 3.04. The summed E-state index contributed by atoms with van der Waals surface area (Å²) in [5, 5.41) is 3.48. The van der Waals surface area contributed by atoms with E-state index in [1.165, 1.54) is 44.9 Å². The number of likely N-dealkylation sites (N-methyl/N-ethyl adjacent to an activating group) is 1. The first-order valence-electron chi connectivity index (χ1n) is 8.75. The van der Waals surface area contributed by atoms with Crippen molar-refractivity contribution in [1.82, 2.24) is 10.2 Å². The zero-order valence-corrected chi connectivity index (χ0v) is 13.7. The molecule has 20 heavy (non-hydrogen) atoms. The van der Waals surface area contributed by atoms with Gasteiger partial charge in [-0.2, -0.15) is 0 Å². The molecule has 0 aromatic rings. The highest BCUT2D eigenvalue weighted by molar-refractivity contribution is 4.81. The van der Waals surface area contributed by atoms with Gasteiger partial charge in [0.1, 0.15) is 0 Å². The van der Waals surface area contributed by atoms with E-state index in [0.717, 1.165) is 31.6 Å². The topological polar surface area (TPSA) is 24.5 Å². The number of ether oxygens (including phenoxy) is 1. The van der Waals surface area contributed by atoms with E-state index in [1.54, 1.807) is 0 Å². The highest BCUT2D eigenvalue weighted by Crippen LogP contribution is 2.28. The Morgan fingerprint density at radius 2 is 1.75 bits per heavy atom. The first-order chi connectivity index (χ1) is 9.69. The minimum absolute atomic E-state index is 0.450. The fraction of sp³-hybridized carbons (Fsp3) is 1.00. The van der Waals surface area contributed by atoms with Crippen molar-refractivity contribution in [2.24, 2.45) is 5.92 Å². The standard InChI is InChI=1S/C17H34N2O/c1-4-11-18-12-16-9-10-17(20-16)13-19(3)15-7-5-14(2)6-8-15/h14-18H,4-13H2,1-3H3. The quantitative estimate of drug-likeness (QED) is 0.726. The van der Waals surface area contributed by atoms with E-state index in [1.807, 2.05) is 0 Å². The van der Waals surface area contributed by atoms with Gasteiger partial charge in [-0.05, 0) is 64.5 Å². The molecule has 0 radical (unpaired) electrons. The van der Waals surface area contributed by atoms with Gasteiger partial charge in [-0.3, -0.25) is 0 Å². The number of hydrogen-bond donors (Lipinski definition) is 1. The first kappa shape index (κ1) is 16.3. The molecule has 0 spiro atoms. The lowest BCUT2D eigenvalue weighted by atomic mass is 9.86. The Hall–Kier alpha value is -0.120. The van der Waals surface area contributed by atoms with Crippen molar-refractivity contribution in [2.75, 3.05) is 26.7 Å². The molecule has 2 aliphatic rings. The second kappa shape index (κ2) is 8.35. The van der Waals surface area contributed by atoms with Crippen LogP contribution in [0.3, 0.4) is 0 Å². The molecule has 1 aliphatic carbocycles. The Labute approximate surface area is 125 Å². The second-order valence-corrected chi connectivity index (χ2v) is 7.01. The molecule has 118 valence electrons. The van der Waals surface area contributed by atoms with Crippen LogP contribution >= 0.6 is 0 Å². The summed E-state index contributed by atoms with van der Waals surface area (Å²) in [6, 6.07) is 0.798. The average Bonchev–Trinajstić information content (AvgIpc) is 2.87. The van der Waals surface area contributed by atoms with Crippen LogP contribution in [-0.2, 0) is 4.74 Å². The van der Waals surface area contributed by atoms with Gasteiger partial charge in [0.05, 0.1) is 12.2 Å². The summed E-state index contributed by atoms with van der Waals surface area (Å²) < 4.78 is 6.19. The van der Waals surface area contributed by atoms with E-state index >= 15 is 0 Å². The zero-order chi connectivity index (χ0) is 14.4. The largest absolute Gasteiger partial charge is 0.372 e. The van der Waals surface area contributed by atoms with E-state index < -0.39 is 0 Å². The summed E-state index contributed by atoms with van der Waals surface area (Å²) in [4.78, 5) is 2.57. The van der Waals surface area contributed by atoms with Gasteiger partial charge in [0.25, 0.3) is 0 Å². The van der Waals surface area contributed by atoms with Gasteiger partial charge >= 0.3 is 0 Å². The summed E-state index contributed by atoms with van der Waals surface area (Å²) in [5.41, 5.74) is 0. The molecule has 2 atom stereocenters. The third kappa shape index (κ3) is 5.01. The first-order valence-corrected chi connectivity index (χ1v) is 8.75. The van der Waals surface area contributed by atoms with Crippen molar-refractivity contribution < 1.29 is 4.74 Å². The normalized spacial score (nSPS) is 34.8. The predicted molar refractivity (Wildman–Crippen MR) is 85.1 cm³/mol. The SMILES string of the molecule is CCCNCC1CCC(CN(C)C2CCC(C)CC2)O1. The van der Waals surface area contributed by atoms with Crippen molar-refractivity contribution in [1.29, 1.82) is 0 Å². The van der Waals surface area contributed by atoms with Crippen LogP contribution in [0, 0.1) is 5.92 Å². The monoisotopic (exact) mass is 282 g/mol. The average molecular weight is 282 g/mol. The number of nitrogens with zero attached hydrogens (tertiary/aromatic N) is 1. The van der Waals surface area contributed by atoms with Crippen LogP contribution in [0.2, 0.25) is 0 Å². The fourth-order valence-electron chi connectivity index (χ4n) is 3.66. The molecule has 0 amide bonds. The van der Waals surface area contributed by atoms with Gasteiger partial charge in [-0.25, -0.2) is 0 Å². The summed E-state index contributed by atoms with van der Waals surface area (Å²) in [6.45, 7) is 7.89. The lowest BCUT2D eigenvalue weighted by Gasteiger charge is -2.34. The maximum atomic E-state index is 6.19. The molecule has 2 fully saturated rings. The van der Waals surface area contributed by atoms with Crippen molar-refractivity contribution in [2.45, 2.75) is 77.0 Å². The number of hydrogen-bond acceptors (Lipinski definition) is 3. The van der Waals surface area contributed by atoms with Crippen molar-refractivity contribution >= 4 is 0 Å². The van der Waals surface area contributed by atoms with Crippen LogP contribution in [0.4, 0.5) is 0 Å². The van der Waals surface area contributed by atoms with Crippen LogP contribution in [0.15, 0.2) is 0 Å². The highest BCUT2D eigenvalue weighted by atomic mass is 16.5. The third-order valence-corrected chi connectivity index (χ3v) is 5.09. The van der Waals surface area contributed by atoms with Gasteiger partial charge in [0.15, 0.2) is 0 Å². The van der Waals surface area contributed by atoms with E-state index in [4.69, 9.17) is 4.74 Å². The van der Waals surface area contributed by atoms with Crippen molar-refractivity contribution in [3.05, 3.63) is 0 Å². The van der Waals surface area contributed by atoms with Gasteiger partial charge in [-0.15, -0.1) is 0 Å².